The molecular weight excluding hydrogens is 330 g/mol. The third kappa shape index (κ3) is 4.28. The molecule has 0 aromatic heterocycles. The van der Waals surface area contributed by atoms with E-state index in [1.807, 2.05) is 0 Å². The highest BCUT2D eigenvalue weighted by molar-refractivity contribution is 7.89. The van der Waals surface area contributed by atoms with Crippen molar-refractivity contribution in [2.75, 3.05) is 25.4 Å². The van der Waals surface area contributed by atoms with Gasteiger partial charge in [-0.3, -0.25) is 4.79 Å². The SMILES string of the molecule is NC1C2CCC(C2)C1C(=O)NCCS(=O)(=O)NCC1CCCCO1. The highest BCUT2D eigenvalue weighted by atomic mass is 32.2. The first-order valence-corrected chi connectivity index (χ1v) is 10.7. The summed E-state index contributed by atoms with van der Waals surface area (Å²) in [6.07, 6.45) is 6.21. The lowest BCUT2D eigenvalue weighted by atomic mass is 9.84. The number of hydrogen-bond donors (Lipinski definition) is 3. The molecule has 0 aromatic rings. The molecule has 2 saturated carbocycles. The zero-order chi connectivity index (χ0) is 17.2. The Bertz CT molecular complexity index is 546. The first-order chi connectivity index (χ1) is 11.5. The Hall–Kier alpha value is -0.700. The number of nitrogens with two attached hydrogens (primary N) is 1. The fraction of sp³-hybridized carbons (Fsp3) is 0.938. The van der Waals surface area contributed by atoms with Crippen LogP contribution in [0.1, 0.15) is 38.5 Å². The van der Waals surface area contributed by atoms with Crippen LogP contribution in [0.5, 0.6) is 0 Å². The first-order valence-electron chi connectivity index (χ1n) is 9.08. The van der Waals surface area contributed by atoms with Crippen LogP contribution in [-0.4, -0.2) is 51.9 Å². The van der Waals surface area contributed by atoms with Crippen LogP contribution in [0.25, 0.3) is 0 Å². The van der Waals surface area contributed by atoms with Gasteiger partial charge in [-0.15, -0.1) is 0 Å². The van der Waals surface area contributed by atoms with Crippen molar-refractivity contribution in [1.29, 1.82) is 0 Å². The summed E-state index contributed by atoms with van der Waals surface area (Å²) in [4.78, 5) is 12.3. The summed E-state index contributed by atoms with van der Waals surface area (Å²) >= 11 is 0. The van der Waals surface area contributed by atoms with E-state index in [9.17, 15) is 13.2 Å². The molecular formula is C16H29N3O4S. The molecule has 0 radical (unpaired) electrons. The number of carbonyl (C=O) groups excluding carboxylic acids is 1. The molecule has 1 aliphatic heterocycles. The van der Waals surface area contributed by atoms with E-state index in [1.54, 1.807) is 0 Å². The van der Waals surface area contributed by atoms with Gasteiger partial charge in [0.1, 0.15) is 0 Å². The van der Waals surface area contributed by atoms with Crippen molar-refractivity contribution in [3.63, 3.8) is 0 Å². The minimum absolute atomic E-state index is 0.0323. The maximum Gasteiger partial charge on any atom is 0.225 e. The summed E-state index contributed by atoms with van der Waals surface area (Å²) < 4.78 is 32.1. The monoisotopic (exact) mass is 359 g/mol. The molecule has 3 aliphatic rings. The van der Waals surface area contributed by atoms with Gasteiger partial charge in [-0.05, 0) is 50.4 Å². The van der Waals surface area contributed by atoms with Crippen LogP contribution in [0.3, 0.4) is 0 Å². The quantitative estimate of drug-likeness (QED) is 0.591. The van der Waals surface area contributed by atoms with Gasteiger partial charge < -0.3 is 15.8 Å². The van der Waals surface area contributed by atoms with E-state index in [2.05, 4.69) is 10.0 Å². The predicted octanol–water partition coefficient (Wildman–Crippen LogP) is -0.0355. The molecule has 1 heterocycles. The number of carbonyl (C=O) groups is 1. The number of ether oxygens (including phenoxy) is 1. The molecule has 0 spiro atoms. The molecule has 138 valence electrons. The standard InChI is InChI=1S/C16H29N3O4S/c17-15-12-5-4-11(9-12)14(15)16(20)18-6-8-24(21,22)19-10-13-3-1-2-7-23-13/h11-15,19H,1-10,17H2,(H,18,20). The van der Waals surface area contributed by atoms with Gasteiger partial charge in [0.25, 0.3) is 0 Å². The number of rotatable bonds is 7. The number of nitrogens with one attached hydrogen (secondary N) is 2. The molecule has 4 N–H and O–H groups in total. The Morgan fingerprint density at radius 1 is 1.17 bits per heavy atom. The fourth-order valence-electron chi connectivity index (χ4n) is 4.41. The lowest BCUT2D eigenvalue weighted by molar-refractivity contribution is -0.126. The number of amides is 1. The summed E-state index contributed by atoms with van der Waals surface area (Å²) in [6, 6.07) is -0.0677. The van der Waals surface area contributed by atoms with Crippen molar-refractivity contribution in [2.24, 2.45) is 23.5 Å². The molecule has 1 saturated heterocycles. The van der Waals surface area contributed by atoms with E-state index in [1.165, 1.54) is 0 Å². The lowest BCUT2D eigenvalue weighted by Gasteiger charge is -2.27. The predicted molar refractivity (Wildman–Crippen MR) is 90.7 cm³/mol. The normalized spacial score (nSPS) is 36.0. The molecule has 24 heavy (non-hydrogen) atoms. The van der Waals surface area contributed by atoms with Crippen LogP contribution >= 0.6 is 0 Å². The minimum Gasteiger partial charge on any atom is -0.377 e. The van der Waals surface area contributed by atoms with E-state index in [0.717, 1.165) is 38.5 Å². The van der Waals surface area contributed by atoms with Crippen LogP contribution in [0.4, 0.5) is 0 Å². The molecule has 7 nitrogen and oxygen atoms in total. The largest absolute Gasteiger partial charge is 0.377 e. The number of fused-ring (bicyclic) bond motifs is 2. The summed E-state index contributed by atoms with van der Waals surface area (Å²) in [5.41, 5.74) is 6.15. The average molecular weight is 359 g/mol. The first kappa shape index (κ1) is 18.1. The highest BCUT2D eigenvalue weighted by Crippen LogP contribution is 2.47. The van der Waals surface area contributed by atoms with E-state index >= 15 is 0 Å². The fourth-order valence-corrected chi connectivity index (χ4v) is 5.37. The Kier molecular flexibility index (Phi) is 5.79. The van der Waals surface area contributed by atoms with Gasteiger partial charge in [-0.2, -0.15) is 0 Å². The van der Waals surface area contributed by atoms with Crippen LogP contribution in [-0.2, 0) is 19.6 Å². The molecule has 2 bridgehead atoms. The molecule has 0 aromatic carbocycles. The summed E-state index contributed by atoms with van der Waals surface area (Å²) in [5.74, 6) is 0.506. The van der Waals surface area contributed by atoms with Crippen molar-refractivity contribution in [3.8, 4) is 0 Å². The minimum atomic E-state index is -3.40. The average Bonchev–Trinajstić information content (AvgIpc) is 3.15. The Morgan fingerprint density at radius 3 is 2.62 bits per heavy atom. The van der Waals surface area contributed by atoms with Crippen molar-refractivity contribution in [1.82, 2.24) is 10.0 Å². The molecule has 8 heteroatoms. The zero-order valence-corrected chi connectivity index (χ0v) is 14.9. The van der Waals surface area contributed by atoms with E-state index in [4.69, 9.17) is 10.5 Å². The van der Waals surface area contributed by atoms with Crippen molar-refractivity contribution >= 4 is 15.9 Å². The molecule has 5 unspecified atom stereocenters. The van der Waals surface area contributed by atoms with E-state index < -0.39 is 10.0 Å². The topological polar surface area (TPSA) is 111 Å². The zero-order valence-electron chi connectivity index (χ0n) is 14.1. The summed E-state index contributed by atoms with van der Waals surface area (Å²) in [6.45, 7) is 1.14. The molecule has 3 rings (SSSR count). The van der Waals surface area contributed by atoms with E-state index in [-0.39, 0.29) is 36.3 Å². The Balaban J connectivity index is 1.38. The molecule has 5 atom stereocenters. The van der Waals surface area contributed by atoms with Gasteiger partial charge in [-0.1, -0.05) is 0 Å². The number of sulfonamides is 1. The molecule has 2 aliphatic carbocycles. The second-order valence-corrected chi connectivity index (χ2v) is 9.31. The summed E-state index contributed by atoms with van der Waals surface area (Å²) in [7, 11) is -3.40. The van der Waals surface area contributed by atoms with Gasteiger partial charge in [-0.25, -0.2) is 13.1 Å². The Labute approximate surface area is 144 Å². The van der Waals surface area contributed by atoms with Crippen molar-refractivity contribution < 1.29 is 17.9 Å². The van der Waals surface area contributed by atoms with Gasteiger partial charge in [0.2, 0.25) is 15.9 Å². The molecule has 3 fully saturated rings. The maximum absolute atomic E-state index is 12.3. The second kappa shape index (κ2) is 7.68. The van der Waals surface area contributed by atoms with Gasteiger partial charge in [0.05, 0.1) is 17.8 Å². The second-order valence-electron chi connectivity index (χ2n) is 7.38. The summed E-state index contributed by atoms with van der Waals surface area (Å²) in [5, 5.41) is 2.76. The smallest absolute Gasteiger partial charge is 0.225 e. The van der Waals surface area contributed by atoms with Crippen LogP contribution in [0.15, 0.2) is 0 Å². The van der Waals surface area contributed by atoms with Gasteiger partial charge >= 0.3 is 0 Å². The van der Waals surface area contributed by atoms with Gasteiger partial charge in [0.15, 0.2) is 0 Å². The van der Waals surface area contributed by atoms with Crippen LogP contribution in [0, 0.1) is 17.8 Å². The van der Waals surface area contributed by atoms with E-state index in [0.29, 0.717) is 25.0 Å². The third-order valence-corrected chi connectivity index (χ3v) is 7.11. The lowest BCUT2D eigenvalue weighted by Crippen LogP contribution is -2.46. The van der Waals surface area contributed by atoms with Crippen molar-refractivity contribution in [2.45, 2.75) is 50.7 Å². The van der Waals surface area contributed by atoms with Crippen LogP contribution in [0.2, 0.25) is 0 Å². The molecule has 1 amide bonds. The Morgan fingerprint density at radius 2 is 1.96 bits per heavy atom. The maximum atomic E-state index is 12.3. The van der Waals surface area contributed by atoms with Crippen molar-refractivity contribution in [3.05, 3.63) is 0 Å². The van der Waals surface area contributed by atoms with Gasteiger partial charge in [0, 0.05) is 25.7 Å². The highest BCUT2D eigenvalue weighted by Gasteiger charge is 2.48. The van der Waals surface area contributed by atoms with Crippen LogP contribution < -0.4 is 15.8 Å². The number of hydrogen-bond acceptors (Lipinski definition) is 5. The third-order valence-electron chi connectivity index (χ3n) is 5.76.